The Hall–Kier alpha value is -0.220. The Balaban J connectivity index is 3.96. The van der Waals surface area contributed by atoms with Crippen LogP contribution in [0.1, 0.15) is 27.2 Å². The molecule has 0 radical (unpaired) electrons. The molecule has 3 nitrogen and oxygen atoms in total. The lowest BCUT2D eigenvalue weighted by molar-refractivity contribution is -0.133. The van der Waals surface area contributed by atoms with E-state index in [4.69, 9.17) is 5.73 Å². The molecule has 0 heterocycles. The first-order chi connectivity index (χ1) is 7.40. The third-order valence-corrected chi connectivity index (χ3v) is 3.70. The molecule has 0 aliphatic heterocycles. The molecule has 2 atom stereocenters. The molecule has 0 rings (SSSR count). The SMILES string of the molecule is CSCC(C)C(=O)N(C)CCC(N)C(C)C. The zero-order valence-corrected chi connectivity index (χ0v) is 12.0. The van der Waals surface area contributed by atoms with Gasteiger partial charge in [-0.25, -0.2) is 0 Å². The molecule has 0 aromatic rings. The van der Waals surface area contributed by atoms with Crippen LogP contribution in [0.4, 0.5) is 0 Å². The summed E-state index contributed by atoms with van der Waals surface area (Å²) in [7, 11) is 1.87. The third-order valence-electron chi connectivity index (χ3n) is 2.87. The number of carbonyl (C=O) groups is 1. The summed E-state index contributed by atoms with van der Waals surface area (Å²) in [5.74, 6) is 1.70. The Kier molecular flexibility index (Phi) is 7.85. The first-order valence-electron chi connectivity index (χ1n) is 5.89. The highest BCUT2D eigenvalue weighted by molar-refractivity contribution is 7.98. The minimum atomic E-state index is 0.107. The van der Waals surface area contributed by atoms with Crippen molar-refractivity contribution in [1.29, 1.82) is 0 Å². The van der Waals surface area contributed by atoms with Gasteiger partial charge in [0.15, 0.2) is 0 Å². The van der Waals surface area contributed by atoms with Gasteiger partial charge in [0.2, 0.25) is 5.91 Å². The number of thioether (sulfide) groups is 1. The van der Waals surface area contributed by atoms with E-state index in [-0.39, 0.29) is 17.9 Å². The summed E-state index contributed by atoms with van der Waals surface area (Å²) in [5.41, 5.74) is 5.96. The fourth-order valence-electron chi connectivity index (χ4n) is 1.48. The molecular weight excluding hydrogens is 220 g/mol. The molecule has 96 valence electrons. The highest BCUT2D eigenvalue weighted by atomic mass is 32.2. The van der Waals surface area contributed by atoms with Gasteiger partial charge >= 0.3 is 0 Å². The van der Waals surface area contributed by atoms with Gasteiger partial charge in [0.1, 0.15) is 0 Å². The Morgan fingerprint density at radius 3 is 2.38 bits per heavy atom. The summed E-state index contributed by atoms with van der Waals surface area (Å²) in [6.45, 7) is 6.97. The molecule has 16 heavy (non-hydrogen) atoms. The van der Waals surface area contributed by atoms with Crippen LogP contribution in [0.15, 0.2) is 0 Å². The van der Waals surface area contributed by atoms with Crippen LogP contribution in [-0.4, -0.2) is 42.4 Å². The molecular formula is C12H26N2OS. The minimum absolute atomic E-state index is 0.107. The lowest BCUT2D eigenvalue weighted by Crippen LogP contribution is -2.37. The van der Waals surface area contributed by atoms with Crippen molar-refractivity contribution in [3.05, 3.63) is 0 Å². The number of amides is 1. The van der Waals surface area contributed by atoms with Crippen LogP contribution in [0.2, 0.25) is 0 Å². The van der Waals surface area contributed by atoms with Crippen molar-refractivity contribution in [2.45, 2.75) is 33.2 Å². The van der Waals surface area contributed by atoms with Crippen LogP contribution in [-0.2, 0) is 4.79 Å². The number of nitrogens with zero attached hydrogens (tertiary/aromatic N) is 1. The van der Waals surface area contributed by atoms with E-state index in [1.165, 1.54) is 0 Å². The summed E-state index contributed by atoms with van der Waals surface area (Å²) >= 11 is 1.71. The average molecular weight is 246 g/mol. The largest absolute Gasteiger partial charge is 0.345 e. The first-order valence-corrected chi connectivity index (χ1v) is 7.29. The van der Waals surface area contributed by atoms with E-state index in [0.29, 0.717) is 5.92 Å². The second-order valence-electron chi connectivity index (χ2n) is 4.81. The topological polar surface area (TPSA) is 46.3 Å². The second-order valence-corrected chi connectivity index (χ2v) is 5.72. The Morgan fingerprint density at radius 2 is 1.94 bits per heavy atom. The molecule has 0 saturated carbocycles. The van der Waals surface area contributed by atoms with Gasteiger partial charge < -0.3 is 10.6 Å². The van der Waals surface area contributed by atoms with Gasteiger partial charge in [0.25, 0.3) is 0 Å². The lowest BCUT2D eigenvalue weighted by atomic mass is 10.0. The van der Waals surface area contributed by atoms with Crippen molar-refractivity contribution < 1.29 is 4.79 Å². The highest BCUT2D eigenvalue weighted by Gasteiger charge is 2.17. The summed E-state index contributed by atoms with van der Waals surface area (Å²) in [6.07, 6.45) is 2.91. The molecule has 1 amide bonds. The number of hydrogen-bond acceptors (Lipinski definition) is 3. The van der Waals surface area contributed by atoms with Gasteiger partial charge in [0.05, 0.1) is 0 Å². The average Bonchev–Trinajstić information content (AvgIpc) is 2.24. The molecule has 0 saturated heterocycles. The van der Waals surface area contributed by atoms with Crippen molar-refractivity contribution in [3.63, 3.8) is 0 Å². The molecule has 2 unspecified atom stereocenters. The van der Waals surface area contributed by atoms with Crippen molar-refractivity contribution >= 4 is 17.7 Å². The fraction of sp³-hybridized carbons (Fsp3) is 0.917. The summed E-state index contributed by atoms with van der Waals surface area (Å²) in [4.78, 5) is 13.7. The van der Waals surface area contributed by atoms with Crippen molar-refractivity contribution in [1.82, 2.24) is 4.90 Å². The molecule has 0 aromatic heterocycles. The maximum absolute atomic E-state index is 11.9. The predicted molar refractivity (Wildman–Crippen MR) is 72.6 cm³/mol. The maximum atomic E-state index is 11.9. The van der Waals surface area contributed by atoms with Crippen LogP contribution < -0.4 is 5.73 Å². The highest BCUT2D eigenvalue weighted by Crippen LogP contribution is 2.09. The van der Waals surface area contributed by atoms with E-state index in [0.717, 1.165) is 18.7 Å². The zero-order chi connectivity index (χ0) is 12.7. The predicted octanol–water partition coefficient (Wildman–Crippen LogP) is 1.82. The zero-order valence-electron chi connectivity index (χ0n) is 11.2. The van der Waals surface area contributed by atoms with E-state index in [1.54, 1.807) is 11.8 Å². The van der Waals surface area contributed by atoms with Gasteiger partial charge in [-0.15, -0.1) is 0 Å². The molecule has 0 spiro atoms. The second kappa shape index (κ2) is 7.96. The molecule has 2 N–H and O–H groups in total. The normalized spacial score (nSPS) is 14.9. The van der Waals surface area contributed by atoms with E-state index in [1.807, 2.05) is 25.1 Å². The Labute approximate surface area is 104 Å². The molecule has 0 bridgehead atoms. The standard InChI is InChI=1S/C12H26N2OS/c1-9(2)11(13)6-7-14(4)12(15)10(3)8-16-5/h9-11H,6-8,13H2,1-5H3. The maximum Gasteiger partial charge on any atom is 0.225 e. The Morgan fingerprint density at radius 1 is 1.38 bits per heavy atom. The Bertz CT molecular complexity index is 209. The molecule has 0 aliphatic carbocycles. The minimum Gasteiger partial charge on any atom is -0.345 e. The number of nitrogens with two attached hydrogens (primary N) is 1. The smallest absolute Gasteiger partial charge is 0.225 e. The molecule has 0 aliphatic rings. The summed E-state index contributed by atoms with van der Waals surface area (Å²) in [5, 5.41) is 0. The number of rotatable bonds is 7. The molecule has 0 fully saturated rings. The van der Waals surface area contributed by atoms with Crippen LogP contribution in [0.25, 0.3) is 0 Å². The van der Waals surface area contributed by atoms with Gasteiger partial charge in [-0.1, -0.05) is 20.8 Å². The van der Waals surface area contributed by atoms with Crippen LogP contribution in [0.3, 0.4) is 0 Å². The fourth-order valence-corrected chi connectivity index (χ4v) is 2.13. The van der Waals surface area contributed by atoms with Crippen molar-refractivity contribution in [3.8, 4) is 0 Å². The monoisotopic (exact) mass is 246 g/mol. The van der Waals surface area contributed by atoms with Crippen LogP contribution in [0, 0.1) is 11.8 Å². The van der Waals surface area contributed by atoms with Crippen LogP contribution in [0.5, 0.6) is 0 Å². The van der Waals surface area contributed by atoms with E-state index in [9.17, 15) is 4.79 Å². The summed E-state index contributed by atoms with van der Waals surface area (Å²) in [6, 6.07) is 0.186. The number of hydrogen-bond donors (Lipinski definition) is 1. The quantitative estimate of drug-likeness (QED) is 0.745. The van der Waals surface area contributed by atoms with Crippen molar-refractivity contribution in [2.24, 2.45) is 17.6 Å². The third kappa shape index (κ3) is 5.75. The van der Waals surface area contributed by atoms with E-state index >= 15 is 0 Å². The first kappa shape index (κ1) is 15.8. The van der Waals surface area contributed by atoms with Crippen LogP contribution >= 0.6 is 11.8 Å². The van der Waals surface area contributed by atoms with Crippen molar-refractivity contribution in [2.75, 3.05) is 25.6 Å². The van der Waals surface area contributed by atoms with E-state index in [2.05, 4.69) is 13.8 Å². The summed E-state index contributed by atoms with van der Waals surface area (Å²) < 4.78 is 0. The van der Waals surface area contributed by atoms with Gasteiger partial charge in [-0.05, 0) is 18.6 Å². The molecule has 0 aromatic carbocycles. The number of carbonyl (C=O) groups excluding carboxylic acids is 1. The van der Waals surface area contributed by atoms with Gasteiger partial charge in [-0.2, -0.15) is 11.8 Å². The lowest BCUT2D eigenvalue weighted by Gasteiger charge is -2.23. The van der Waals surface area contributed by atoms with Gasteiger partial charge in [0, 0.05) is 31.3 Å². The molecule has 4 heteroatoms. The van der Waals surface area contributed by atoms with Gasteiger partial charge in [-0.3, -0.25) is 4.79 Å². The van der Waals surface area contributed by atoms with E-state index < -0.39 is 0 Å².